The third-order valence-corrected chi connectivity index (χ3v) is 4.10. The van der Waals surface area contributed by atoms with E-state index < -0.39 is 46.9 Å². The minimum atomic E-state index is -1.18. The van der Waals surface area contributed by atoms with Crippen LogP contribution < -0.4 is 5.32 Å². The van der Waals surface area contributed by atoms with Crippen molar-refractivity contribution in [3.63, 3.8) is 0 Å². The van der Waals surface area contributed by atoms with Gasteiger partial charge in [0.15, 0.2) is 0 Å². The van der Waals surface area contributed by atoms with E-state index in [0.717, 1.165) is 4.90 Å². The smallest absolute Gasteiger partial charge is 0.411 e. The van der Waals surface area contributed by atoms with Gasteiger partial charge in [-0.05, 0) is 34.6 Å². The number of likely N-dealkylation sites (tertiary alicyclic amines) is 1. The van der Waals surface area contributed by atoms with Crippen molar-refractivity contribution in [2.75, 3.05) is 13.1 Å². The van der Waals surface area contributed by atoms with Crippen LogP contribution in [0.5, 0.6) is 0 Å². The van der Waals surface area contributed by atoms with Gasteiger partial charge in [-0.15, -0.1) is 0 Å². The van der Waals surface area contributed by atoms with E-state index in [4.69, 9.17) is 14.9 Å². The molecule has 2 heterocycles. The molecule has 0 aromatic heterocycles. The molecule has 2 saturated heterocycles. The van der Waals surface area contributed by atoms with Gasteiger partial charge in [0.05, 0.1) is 17.7 Å². The zero-order valence-corrected chi connectivity index (χ0v) is 16.4. The number of aliphatic carboxylic acids is 2. The Morgan fingerprint density at radius 2 is 1.59 bits per heavy atom. The minimum absolute atomic E-state index is 0.0155. The number of β-amino-alcohol motifs (C(OH)–C–C–N with tert-alkyl or cyclic N) is 2. The van der Waals surface area contributed by atoms with Crippen LogP contribution in [0.25, 0.3) is 0 Å². The van der Waals surface area contributed by atoms with Crippen molar-refractivity contribution in [1.29, 1.82) is 0 Å². The third-order valence-electron chi connectivity index (χ3n) is 4.10. The van der Waals surface area contributed by atoms with Crippen molar-refractivity contribution < 1.29 is 39.5 Å². The van der Waals surface area contributed by atoms with Crippen molar-refractivity contribution in [3.05, 3.63) is 0 Å². The third kappa shape index (κ3) is 7.31. The topological polar surface area (TPSA) is 157 Å². The molecule has 0 spiro atoms. The second kappa shape index (κ2) is 7.99. The summed E-state index contributed by atoms with van der Waals surface area (Å²) in [4.78, 5) is 34.2. The molecule has 2 rings (SSSR count). The first-order valence-corrected chi connectivity index (χ1v) is 8.66. The molecule has 5 N–H and O–H groups in total. The SMILES string of the molecule is CC(C)(C)OC(=O)N1C[C@](C)(O)C[C@H]1C(=O)O.C[C@]1(O)CN[C@H](C(=O)O)C1. The van der Waals surface area contributed by atoms with Crippen LogP contribution in [0.4, 0.5) is 4.79 Å². The Kier molecular flexibility index (Phi) is 6.85. The number of carbonyl (C=O) groups excluding carboxylic acids is 1. The number of hydrogen-bond acceptors (Lipinski definition) is 7. The van der Waals surface area contributed by atoms with Crippen molar-refractivity contribution in [2.24, 2.45) is 0 Å². The van der Waals surface area contributed by atoms with Crippen LogP contribution >= 0.6 is 0 Å². The maximum atomic E-state index is 11.8. The summed E-state index contributed by atoms with van der Waals surface area (Å²) in [5.41, 5.74) is -2.71. The Hall–Kier alpha value is -1.91. The van der Waals surface area contributed by atoms with Crippen LogP contribution in [-0.4, -0.2) is 85.3 Å². The molecule has 0 bridgehead atoms. The highest BCUT2D eigenvalue weighted by Crippen LogP contribution is 2.28. The molecule has 1 amide bonds. The number of carbonyl (C=O) groups is 3. The quantitative estimate of drug-likeness (QED) is 0.438. The maximum Gasteiger partial charge on any atom is 0.411 e. The van der Waals surface area contributed by atoms with Gasteiger partial charge >= 0.3 is 18.0 Å². The molecular formula is C17H30N2O8. The zero-order valence-electron chi connectivity index (χ0n) is 16.4. The molecule has 0 aromatic rings. The lowest BCUT2D eigenvalue weighted by Gasteiger charge is -2.26. The van der Waals surface area contributed by atoms with Gasteiger partial charge in [0.1, 0.15) is 17.7 Å². The van der Waals surface area contributed by atoms with Gasteiger partial charge in [-0.2, -0.15) is 0 Å². The fourth-order valence-electron chi connectivity index (χ4n) is 2.90. The summed E-state index contributed by atoms with van der Waals surface area (Å²) in [5, 5.41) is 39.3. The Labute approximate surface area is 158 Å². The van der Waals surface area contributed by atoms with Crippen LogP contribution in [0, 0.1) is 0 Å². The van der Waals surface area contributed by atoms with Crippen molar-refractivity contribution in [3.8, 4) is 0 Å². The largest absolute Gasteiger partial charge is 0.480 e. The van der Waals surface area contributed by atoms with Crippen LogP contribution in [0.1, 0.15) is 47.5 Å². The number of hydrogen-bond donors (Lipinski definition) is 5. The highest BCUT2D eigenvalue weighted by Gasteiger charge is 2.46. The Balaban J connectivity index is 0.000000309. The molecule has 156 valence electrons. The van der Waals surface area contributed by atoms with Gasteiger partial charge < -0.3 is 30.5 Å². The lowest BCUT2D eigenvalue weighted by molar-refractivity contribution is -0.142. The second-order valence-corrected chi connectivity index (χ2v) is 8.64. The molecule has 0 aromatic carbocycles. The van der Waals surface area contributed by atoms with E-state index in [-0.39, 0.29) is 13.0 Å². The molecule has 0 radical (unpaired) electrons. The number of amides is 1. The van der Waals surface area contributed by atoms with Crippen molar-refractivity contribution in [1.82, 2.24) is 10.2 Å². The number of ether oxygens (including phenoxy) is 1. The number of carboxylic acids is 2. The molecule has 2 aliphatic heterocycles. The number of carboxylic acid groups (broad SMARTS) is 2. The van der Waals surface area contributed by atoms with Gasteiger partial charge in [-0.1, -0.05) is 0 Å². The summed E-state index contributed by atoms with van der Waals surface area (Å²) in [5.74, 6) is -2.02. The second-order valence-electron chi connectivity index (χ2n) is 8.64. The summed E-state index contributed by atoms with van der Waals surface area (Å²) in [7, 11) is 0. The molecule has 10 nitrogen and oxygen atoms in total. The summed E-state index contributed by atoms with van der Waals surface area (Å²) < 4.78 is 5.11. The van der Waals surface area contributed by atoms with E-state index >= 15 is 0 Å². The van der Waals surface area contributed by atoms with Gasteiger partial charge in [-0.3, -0.25) is 9.69 Å². The molecule has 2 aliphatic rings. The molecule has 4 atom stereocenters. The minimum Gasteiger partial charge on any atom is -0.480 e. The van der Waals surface area contributed by atoms with Crippen LogP contribution in [0.3, 0.4) is 0 Å². The highest BCUT2D eigenvalue weighted by atomic mass is 16.6. The lowest BCUT2D eigenvalue weighted by Crippen LogP contribution is -2.43. The van der Waals surface area contributed by atoms with E-state index in [0.29, 0.717) is 13.0 Å². The molecular weight excluding hydrogens is 360 g/mol. The number of rotatable bonds is 2. The first kappa shape index (κ1) is 23.1. The monoisotopic (exact) mass is 390 g/mol. The standard InChI is InChI=1S/C11H19NO5.C6H11NO3/c1-10(2,3)17-9(15)12-6-11(4,16)5-7(12)8(13)14;1-6(10)2-4(5(8)9)7-3-6/h7,16H,5-6H2,1-4H3,(H,13,14);4,7,10H,2-3H2,1H3,(H,8,9)/t7-,11+;4-,6+/m00/s1. The van der Waals surface area contributed by atoms with E-state index in [1.54, 1.807) is 27.7 Å². The Morgan fingerprint density at radius 1 is 1.04 bits per heavy atom. The number of nitrogens with zero attached hydrogens (tertiary/aromatic N) is 1. The van der Waals surface area contributed by atoms with E-state index in [9.17, 15) is 24.6 Å². The molecule has 27 heavy (non-hydrogen) atoms. The highest BCUT2D eigenvalue weighted by molar-refractivity contribution is 5.81. The van der Waals surface area contributed by atoms with Gasteiger partial charge in [0, 0.05) is 19.4 Å². The fourth-order valence-corrected chi connectivity index (χ4v) is 2.90. The predicted molar refractivity (Wildman–Crippen MR) is 94.3 cm³/mol. The van der Waals surface area contributed by atoms with Crippen molar-refractivity contribution >= 4 is 18.0 Å². The van der Waals surface area contributed by atoms with Gasteiger partial charge in [0.2, 0.25) is 0 Å². The predicted octanol–water partition coefficient (Wildman–Crippen LogP) is 0.0153. The van der Waals surface area contributed by atoms with Gasteiger partial charge in [-0.25, -0.2) is 9.59 Å². The van der Waals surface area contributed by atoms with E-state index in [1.807, 2.05) is 0 Å². The lowest BCUT2D eigenvalue weighted by atomic mass is 10.0. The Bertz CT molecular complexity index is 582. The molecule has 0 unspecified atom stereocenters. The normalized spacial score (nSPS) is 33.2. The summed E-state index contributed by atoms with van der Waals surface area (Å²) in [6, 6.07) is -1.60. The number of aliphatic hydroxyl groups is 2. The van der Waals surface area contributed by atoms with Crippen LogP contribution in [-0.2, 0) is 14.3 Å². The first-order valence-electron chi connectivity index (χ1n) is 8.66. The average Bonchev–Trinajstić information content (AvgIpc) is 2.97. The number of nitrogens with one attached hydrogen (secondary N) is 1. The summed E-state index contributed by atoms with van der Waals surface area (Å²) >= 11 is 0. The average molecular weight is 390 g/mol. The van der Waals surface area contributed by atoms with E-state index in [2.05, 4.69) is 5.32 Å². The van der Waals surface area contributed by atoms with Gasteiger partial charge in [0.25, 0.3) is 0 Å². The van der Waals surface area contributed by atoms with E-state index in [1.165, 1.54) is 6.92 Å². The van der Waals surface area contributed by atoms with Crippen molar-refractivity contribution in [2.45, 2.75) is 76.3 Å². The Morgan fingerprint density at radius 3 is 1.93 bits per heavy atom. The first-order chi connectivity index (χ1) is 12.0. The maximum absolute atomic E-state index is 11.8. The molecule has 10 heteroatoms. The molecule has 0 saturated carbocycles. The van der Waals surface area contributed by atoms with Crippen LogP contribution in [0.2, 0.25) is 0 Å². The zero-order chi connectivity index (χ0) is 21.2. The summed E-state index contributed by atoms with van der Waals surface area (Å²) in [6.45, 7) is 8.58. The fraction of sp³-hybridized carbons (Fsp3) is 0.824. The summed E-state index contributed by atoms with van der Waals surface area (Å²) in [6.07, 6.45) is -0.396. The molecule has 0 aliphatic carbocycles. The van der Waals surface area contributed by atoms with Crippen LogP contribution in [0.15, 0.2) is 0 Å². The molecule has 2 fully saturated rings.